The van der Waals surface area contributed by atoms with Crippen LogP contribution >= 0.6 is 11.3 Å². The molecule has 0 aliphatic carbocycles. The highest BCUT2D eigenvalue weighted by Crippen LogP contribution is 2.26. The second kappa shape index (κ2) is 7.08. The van der Waals surface area contributed by atoms with Gasteiger partial charge >= 0.3 is 0 Å². The molecule has 6 heteroatoms. The van der Waals surface area contributed by atoms with Gasteiger partial charge in [-0.2, -0.15) is 0 Å². The van der Waals surface area contributed by atoms with Gasteiger partial charge in [0, 0.05) is 11.4 Å². The lowest BCUT2D eigenvalue weighted by atomic mass is 10.2. The van der Waals surface area contributed by atoms with Gasteiger partial charge in [-0.1, -0.05) is 0 Å². The van der Waals surface area contributed by atoms with Gasteiger partial charge in [0.05, 0.1) is 24.5 Å². The molecule has 21 heavy (non-hydrogen) atoms. The zero-order chi connectivity index (χ0) is 15.2. The van der Waals surface area contributed by atoms with E-state index in [1.165, 1.54) is 11.3 Å². The first kappa shape index (κ1) is 15.3. The Morgan fingerprint density at radius 3 is 2.67 bits per heavy atom. The highest BCUT2D eigenvalue weighted by atomic mass is 32.1. The van der Waals surface area contributed by atoms with E-state index in [2.05, 4.69) is 10.3 Å². The van der Waals surface area contributed by atoms with E-state index in [-0.39, 0.29) is 5.91 Å². The first-order valence-electron chi connectivity index (χ1n) is 6.77. The van der Waals surface area contributed by atoms with Crippen molar-refractivity contribution in [3.8, 4) is 11.5 Å². The molecule has 1 aromatic carbocycles. The minimum atomic E-state index is -0.240. The Morgan fingerprint density at radius 1 is 1.29 bits per heavy atom. The summed E-state index contributed by atoms with van der Waals surface area (Å²) in [6.45, 7) is 6.71. The van der Waals surface area contributed by atoms with Gasteiger partial charge < -0.3 is 9.47 Å². The molecule has 0 fully saturated rings. The fourth-order valence-corrected chi connectivity index (χ4v) is 2.48. The monoisotopic (exact) mass is 306 g/mol. The maximum absolute atomic E-state index is 12.3. The predicted molar refractivity (Wildman–Crippen MR) is 83.6 cm³/mol. The van der Waals surface area contributed by atoms with Gasteiger partial charge in [0.15, 0.2) is 5.13 Å². The highest BCUT2D eigenvalue weighted by Gasteiger charge is 2.15. The molecule has 112 valence electrons. The number of aromatic nitrogens is 1. The van der Waals surface area contributed by atoms with Crippen LogP contribution in [0.5, 0.6) is 11.5 Å². The maximum atomic E-state index is 12.3. The van der Waals surface area contributed by atoms with Crippen molar-refractivity contribution in [3.63, 3.8) is 0 Å². The van der Waals surface area contributed by atoms with Crippen LogP contribution in [0.25, 0.3) is 0 Å². The summed E-state index contributed by atoms with van der Waals surface area (Å²) in [5.41, 5.74) is 1.35. The summed E-state index contributed by atoms with van der Waals surface area (Å²) in [6.07, 6.45) is 0. The topological polar surface area (TPSA) is 60.5 Å². The summed E-state index contributed by atoms with van der Waals surface area (Å²) < 4.78 is 11.0. The molecule has 1 aromatic heterocycles. The molecule has 0 radical (unpaired) electrons. The third-order valence-electron chi connectivity index (χ3n) is 2.65. The van der Waals surface area contributed by atoms with Crippen LogP contribution in [0.2, 0.25) is 0 Å². The SMILES string of the molecule is CCOc1ccc(C(=O)Nc2nc(C)cs2)c(OCC)c1. The quantitative estimate of drug-likeness (QED) is 0.887. The van der Waals surface area contributed by atoms with E-state index in [0.29, 0.717) is 35.4 Å². The Labute approximate surface area is 127 Å². The van der Waals surface area contributed by atoms with Crippen LogP contribution < -0.4 is 14.8 Å². The van der Waals surface area contributed by atoms with Crippen molar-refractivity contribution in [3.05, 3.63) is 34.8 Å². The molecule has 0 unspecified atom stereocenters. The van der Waals surface area contributed by atoms with Gasteiger partial charge in [-0.3, -0.25) is 10.1 Å². The standard InChI is InChI=1S/C15H18N2O3S/c1-4-19-11-6-7-12(13(8-11)20-5-2)14(18)17-15-16-10(3)9-21-15/h6-9H,4-5H2,1-3H3,(H,16,17,18). The number of hydrogen-bond donors (Lipinski definition) is 1. The Bertz CT molecular complexity index is 625. The summed E-state index contributed by atoms with van der Waals surface area (Å²) in [5.74, 6) is 0.952. The van der Waals surface area contributed by atoms with Crippen LogP contribution in [0.4, 0.5) is 5.13 Å². The smallest absolute Gasteiger partial charge is 0.261 e. The molecule has 0 spiro atoms. The van der Waals surface area contributed by atoms with Crippen molar-refractivity contribution in [1.82, 2.24) is 4.98 Å². The van der Waals surface area contributed by atoms with Crippen molar-refractivity contribution in [1.29, 1.82) is 0 Å². The molecule has 0 atom stereocenters. The summed E-state index contributed by atoms with van der Waals surface area (Å²) in [7, 11) is 0. The number of nitrogens with zero attached hydrogens (tertiary/aromatic N) is 1. The van der Waals surface area contributed by atoms with E-state index >= 15 is 0 Å². The molecule has 1 heterocycles. The van der Waals surface area contributed by atoms with Crippen LogP contribution in [0.15, 0.2) is 23.6 Å². The molecule has 1 N–H and O–H groups in total. The van der Waals surface area contributed by atoms with Crippen molar-refractivity contribution >= 4 is 22.4 Å². The van der Waals surface area contributed by atoms with Gasteiger partial charge in [-0.15, -0.1) is 11.3 Å². The van der Waals surface area contributed by atoms with Crippen molar-refractivity contribution in [2.75, 3.05) is 18.5 Å². The molecule has 2 aromatic rings. The van der Waals surface area contributed by atoms with Crippen molar-refractivity contribution in [2.45, 2.75) is 20.8 Å². The van der Waals surface area contributed by atoms with Crippen molar-refractivity contribution in [2.24, 2.45) is 0 Å². The Morgan fingerprint density at radius 2 is 2.05 bits per heavy atom. The number of benzene rings is 1. The molecule has 5 nitrogen and oxygen atoms in total. The molecule has 0 bridgehead atoms. The zero-order valence-corrected chi connectivity index (χ0v) is 13.1. The molecular weight excluding hydrogens is 288 g/mol. The van der Waals surface area contributed by atoms with Crippen molar-refractivity contribution < 1.29 is 14.3 Å². The van der Waals surface area contributed by atoms with E-state index in [0.717, 1.165) is 5.69 Å². The highest BCUT2D eigenvalue weighted by molar-refractivity contribution is 7.13. The summed E-state index contributed by atoms with van der Waals surface area (Å²) >= 11 is 1.39. The van der Waals surface area contributed by atoms with Crippen LogP contribution in [-0.4, -0.2) is 24.1 Å². The third-order valence-corrected chi connectivity index (χ3v) is 3.52. The van der Waals surface area contributed by atoms with Crippen LogP contribution in [0, 0.1) is 6.92 Å². The summed E-state index contributed by atoms with van der Waals surface area (Å²) in [5, 5.41) is 5.24. The molecule has 0 saturated heterocycles. The number of carbonyl (C=O) groups excluding carboxylic acids is 1. The van der Waals surface area contributed by atoms with E-state index < -0.39 is 0 Å². The number of rotatable bonds is 6. The van der Waals surface area contributed by atoms with E-state index in [1.54, 1.807) is 18.2 Å². The number of carbonyl (C=O) groups is 1. The van der Waals surface area contributed by atoms with Crippen LogP contribution in [0.1, 0.15) is 29.9 Å². The molecule has 0 aliphatic rings. The lowest BCUT2D eigenvalue weighted by molar-refractivity contribution is 0.102. The minimum absolute atomic E-state index is 0.240. The lowest BCUT2D eigenvalue weighted by Gasteiger charge is -2.11. The normalized spacial score (nSPS) is 10.2. The third kappa shape index (κ3) is 3.95. The molecule has 0 aliphatic heterocycles. The molecule has 1 amide bonds. The summed E-state index contributed by atoms with van der Waals surface area (Å²) in [6, 6.07) is 5.19. The number of hydrogen-bond acceptors (Lipinski definition) is 5. The fraction of sp³-hybridized carbons (Fsp3) is 0.333. The molecule has 0 saturated carbocycles. The largest absolute Gasteiger partial charge is 0.494 e. The number of thiazole rings is 1. The second-order valence-electron chi connectivity index (χ2n) is 4.27. The lowest BCUT2D eigenvalue weighted by Crippen LogP contribution is -2.13. The Kier molecular flexibility index (Phi) is 5.16. The van der Waals surface area contributed by atoms with E-state index in [1.807, 2.05) is 26.2 Å². The first-order chi connectivity index (χ1) is 10.1. The van der Waals surface area contributed by atoms with Gasteiger partial charge in [0.1, 0.15) is 11.5 Å². The van der Waals surface area contributed by atoms with Gasteiger partial charge in [-0.05, 0) is 32.9 Å². The van der Waals surface area contributed by atoms with Gasteiger partial charge in [0.25, 0.3) is 5.91 Å². The van der Waals surface area contributed by atoms with E-state index in [9.17, 15) is 4.79 Å². The zero-order valence-electron chi connectivity index (χ0n) is 12.3. The Balaban J connectivity index is 2.22. The first-order valence-corrected chi connectivity index (χ1v) is 7.65. The number of aryl methyl sites for hydroxylation is 1. The average molecular weight is 306 g/mol. The van der Waals surface area contributed by atoms with Crippen LogP contribution in [0.3, 0.4) is 0 Å². The molecule has 2 rings (SSSR count). The number of amides is 1. The van der Waals surface area contributed by atoms with Crippen LogP contribution in [-0.2, 0) is 0 Å². The Hall–Kier alpha value is -2.08. The number of nitrogens with one attached hydrogen (secondary N) is 1. The fourth-order valence-electron chi connectivity index (χ4n) is 1.80. The average Bonchev–Trinajstić information content (AvgIpc) is 2.85. The summed E-state index contributed by atoms with van der Waals surface area (Å²) in [4.78, 5) is 16.5. The molecular formula is C15H18N2O3S. The number of anilines is 1. The van der Waals surface area contributed by atoms with Gasteiger partial charge in [-0.25, -0.2) is 4.98 Å². The number of ether oxygens (including phenoxy) is 2. The van der Waals surface area contributed by atoms with E-state index in [4.69, 9.17) is 9.47 Å². The van der Waals surface area contributed by atoms with Gasteiger partial charge in [0.2, 0.25) is 0 Å². The minimum Gasteiger partial charge on any atom is -0.494 e. The predicted octanol–water partition coefficient (Wildman–Crippen LogP) is 3.50. The maximum Gasteiger partial charge on any atom is 0.261 e. The second-order valence-corrected chi connectivity index (χ2v) is 5.13.